The molecule has 0 saturated heterocycles. The molecule has 0 radical (unpaired) electrons. The average Bonchev–Trinajstić information content (AvgIpc) is 2.10. The van der Waals surface area contributed by atoms with Gasteiger partial charge in [0.1, 0.15) is 12.6 Å². The van der Waals surface area contributed by atoms with Crippen LogP contribution in [0.5, 0.6) is 0 Å². The topological polar surface area (TPSA) is 34.1 Å². The lowest BCUT2D eigenvalue weighted by molar-refractivity contribution is -0.108. The molecule has 0 fully saturated rings. The van der Waals surface area contributed by atoms with Gasteiger partial charge in [-0.3, -0.25) is 0 Å². The molecule has 2 heteroatoms. The van der Waals surface area contributed by atoms with Crippen LogP contribution in [-0.4, -0.2) is 12.6 Å². The second-order valence-corrected chi connectivity index (χ2v) is 2.47. The van der Waals surface area contributed by atoms with Crippen molar-refractivity contribution in [1.82, 2.24) is 0 Å². The SMILES string of the molecule is O=CCCCC#CCCCC=O. The second-order valence-electron chi connectivity index (χ2n) is 2.47. The van der Waals surface area contributed by atoms with Crippen LogP contribution in [0.3, 0.4) is 0 Å². The quantitative estimate of drug-likeness (QED) is 0.342. The number of aldehydes is 2. The van der Waals surface area contributed by atoms with Crippen molar-refractivity contribution in [3.8, 4) is 11.8 Å². The summed E-state index contributed by atoms with van der Waals surface area (Å²) in [7, 11) is 0. The third kappa shape index (κ3) is 8.90. The molecule has 0 aromatic heterocycles. The summed E-state index contributed by atoms with van der Waals surface area (Å²) in [6.45, 7) is 0. The maximum Gasteiger partial charge on any atom is 0.120 e. The van der Waals surface area contributed by atoms with E-state index in [9.17, 15) is 9.59 Å². The van der Waals surface area contributed by atoms with Gasteiger partial charge in [-0.15, -0.1) is 11.8 Å². The van der Waals surface area contributed by atoms with Crippen LogP contribution in [0.25, 0.3) is 0 Å². The molecule has 0 aliphatic heterocycles. The molecular formula is C10H14O2. The maximum absolute atomic E-state index is 9.89. The Morgan fingerprint density at radius 3 is 1.58 bits per heavy atom. The van der Waals surface area contributed by atoms with E-state index in [2.05, 4.69) is 11.8 Å². The molecule has 0 saturated carbocycles. The fourth-order valence-corrected chi connectivity index (χ4v) is 0.724. The van der Waals surface area contributed by atoms with Crippen molar-refractivity contribution >= 4 is 12.6 Å². The van der Waals surface area contributed by atoms with Gasteiger partial charge in [-0.05, 0) is 12.8 Å². The Morgan fingerprint density at radius 2 is 1.25 bits per heavy atom. The van der Waals surface area contributed by atoms with Crippen LogP contribution in [0, 0.1) is 11.8 Å². The van der Waals surface area contributed by atoms with Gasteiger partial charge in [-0.1, -0.05) is 0 Å². The number of hydrogen-bond donors (Lipinski definition) is 0. The molecule has 0 aromatic carbocycles. The zero-order valence-electron chi connectivity index (χ0n) is 7.21. The number of unbranched alkanes of at least 4 members (excludes halogenated alkanes) is 4. The van der Waals surface area contributed by atoms with Crippen LogP contribution in [-0.2, 0) is 9.59 Å². The zero-order chi connectivity index (χ0) is 9.07. The Bertz CT molecular complexity index is 156. The van der Waals surface area contributed by atoms with Crippen molar-refractivity contribution in [2.75, 3.05) is 0 Å². The summed E-state index contributed by atoms with van der Waals surface area (Å²) in [5.74, 6) is 5.91. The molecule has 12 heavy (non-hydrogen) atoms. The first kappa shape index (κ1) is 10.9. The van der Waals surface area contributed by atoms with Gasteiger partial charge in [-0.2, -0.15) is 0 Å². The molecule has 0 N–H and O–H groups in total. The number of hydrogen-bond acceptors (Lipinski definition) is 2. The number of carbonyl (C=O) groups is 2. The van der Waals surface area contributed by atoms with E-state index in [1.165, 1.54) is 0 Å². The minimum Gasteiger partial charge on any atom is -0.303 e. The Kier molecular flexibility index (Phi) is 8.99. The third-order valence-electron chi connectivity index (χ3n) is 1.37. The molecule has 0 unspecified atom stereocenters. The molecular weight excluding hydrogens is 152 g/mol. The van der Waals surface area contributed by atoms with E-state index in [1.54, 1.807) is 0 Å². The molecule has 0 rings (SSSR count). The van der Waals surface area contributed by atoms with Gasteiger partial charge in [0, 0.05) is 25.7 Å². The molecule has 0 aliphatic carbocycles. The highest BCUT2D eigenvalue weighted by Crippen LogP contribution is 1.92. The maximum atomic E-state index is 9.89. The number of rotatable bonds is 6. The van der Waals surface area contributed by atoms with E-state index in [0.717, 1.165) is 38.3 Å². The van der Waals surface area contributed by atoms with Crippen molar-refractivity contribution in [1.29, 1.82) is 0 Å². The van der Waals surface area contributed by atoms with E-state index in [-0.39, 0.29) is 0 Å². The van der Waals surface area contributed by atoms with Crippen molar-refractivity contribution in [2.45, 2.75) is 38.5 Å². The van der Waals surface area contributed by atoms with Gasteiger partial charge in [0.25, 0.3) is 0 Å². The molecule has 66 valence electrons. The van der Waals surface area contributed by atoms with Crippen molar-refractivity contribution in [3.05, 3.63) is 0 Å². The normalized spacial score (nSPS) is 8.33. The fourth-order valence-electron chi connectivity index (χ4n) is 0.724. The van der Waals surface area contributed by atoms with Gasteiger partial charge in [0.2, 0.25) is 0 Å². The summed E-state index contributed by atoms with van der Waals surface area (Å²) in [6, 6.07) is 0. The first-order valence-electron chi connectivity index (χ1n) is 4.25. The first-order chi connectivity index (χ1) is 5.91. The summed E-state index contributed by atoms with van der Waals surface area (Å²) in [5.41, 5.74) is 0. The molecule has 2 nitrogen and oxygen atoms in total. The minimum absolute atomic E-state index is 0.600. The highest BCUT2D eigenvalue weighted by Gasteiger charge is 1.82. The molecule has 0 amide bonds. The summed E-state index contributed by atoms with van der Waals surface area (Å²) >= 11 is 0. The molecule has 0 spiro atoms. The molecule has 0 aliphatic rings. The summed E-state index contributed by atoms with van der Waals surface area (Å²) in [4.78, 5) is 19.8. The Labute approximate surface area is 73.3 Å². The zero-order valence-corrected chi connectivity index (χ0v) is 7.21. The van der Waals surface area contributed by atoms with Crippen LogP contribution in [0.1, 0.15) is 38.5 Å². The standard InChI is InChI=1S/C10H14O2/c11-9-7-5-3-1-2-4-6-8-10-12/h9-10H,3-8H2. The molecule has 0 heterocycles. The lowest BCUT2D eigenvalue weighted by atomic mass is 10.2. The Hall–Kier alpha value is -1.10. The van der Waals surface area contributed by atoms with Crippen molar-refractivity contribution in [2.24, 2.45) is 0 Å². The summed E-state index contributed by atoms with van der Waals surface area (Å²) in [6.07, 6.45) is 6.31. The first-order valence-corrected chi connectivity index (χ1v) is 4.25. The number of carbonyl (C=O) groups excluding carboxylic acids is 2. The highest BCUT2D eigenvalue weighted by molar-refractivity contribution is 5.49. The van der Waals surface area contributed by atoms with E-state index >= 15 is 0 Å². The fraction of sp³-hybridized carbons (Fsp3) is 0.600. The van der Waals surface area contributed by atoms with Crippen LogP contribution in [0.2, 0.25) is 0 Å². The van der Waals surface area contributed by atoms with Crippen LogP contribution < -0.4 is 0 Å². The predicted octanol–water partition coefficient (Wildman–Crippen LogP) is 1.73. The van der Waals surface area contributed by atoms with Crippen LogP contribution in [0.4, 0.5) is 0 Å². The highest BCUT2D eigenvalue weighted by atomic mass is 16.1. The van der Waals surface area contributed by atoms with Gasteiger partial charge in [0.15, 0.2) is 0 Å². The largest absolute Gasteiger partial charge is 0.303 e. The van der Waals surface area contributed by atoms with E-state index in [1.807, 2.05) is 0 Å². The van der Waals surface area contributed by atoms with Crippen LogP contribution >= 0.6 is 0 Å². The van der Waals surface area contributed by atoms with Gasteiger partial charge < -0.3 is 9.59 Å². The molecule has 0 atom stereocenters. The lowest BCUT2D eigenvalue weighted by Gasteiger charge is -1.84. The molecule has 0 aromatic rings. The van der Waals surface area contributed by atoms with Crippen molar-refractivity contribution in [3.63, 3.8) is 0 Å². The second kappa shape index (κ2) is 9.90. The Morgan fingerprint density at radius 1 is 0.833 bits per heavy atom. The average molecular weight is 166 g/mol. The van der Waals surface area contributed by atoms with Crippen LogP contribution in [0.15, 0.2) is 0 Å². The van der Waals surface area contributed by atoms with E-state index in [4.69, 9.17) is 0 Å². The lowest BCUT2D eigenvalue weighted by Crippen LogP contribution is -1.76. The van der Waals surface area contributed by atoms with Gasteiger partial charge in [-0.25, -0.2) is 0 Å². The van der Waals surface area contributed by atoms with Gasteiger partial charge >= 0.3 is 0 Å². The van der Waals surface area contributed by atoms with E-state index in [0.29, 0.717) is 12.8 Å². The summed E-state index contributed by atoms with van der Waals surface area (Å²) in [5, 5.41) is 0. The summed E-state index contributed by atoms with van der Waals surface area (Å²) < 4.78 is 0. The molecule has 0 bridgehead atoms. The smallest absolute Gasteiger partial charge is 0.120 e. The monoisotopic (exact) mass is 166 g/mol. The van der Waals surface area contributed by atoms with E-state index < -0.39 is 0 Å². The third-order valence-corrected chi connectivity index (χ3v) is 1.37. The minimum atomic E-state index is 0.600. The Balaban J connectivity index is 3.11. The predicted molar refractivity (Wildman–Crippen MR) is 47.6 cm³/mol. The van der Waals surface area contributed by atoms with Gasteiger partial charge in [0.05, 0.1) is 0 Å². The van der Waals surface area contributed by atoms with Crippen molar-refractivity contribution < 1.29 is 9.59 Å².